The molecule has 0 aliphatic carbocycles. The summed E-state index contributed by atoms with van der Waals surface area (Å²) in [5, 5.41) is 14.2. The minimum absolute atomic E-state index is 0.604. The molecule has 0 N–H and O–H groups in total. The van der Waals surface area contributed by atoms with Gasteiger partial charge in [0.2, 0.25) is 0 Å². The minimum Gasteiger partial charge on any atom is -0.235 e. The Bertz CT molecular complexity index is 620. The van der Waals surface area contributed by atoms with Gasteiger partial charge in [0.25, 0.3) is 0 Å². The maximum atomic E-state index is 9.15. The molecule has 0 bridgehead atoms. The van der Waals surface area contributed by atoms with E-state index in [1.54, 1.807) is 10.7 Å². The molecule has 4 heteroatoms. The molecule has 0 atom stereocenters. The van der Waals surface area contributed by atoms with Crippen LogP contribution in [0.2, 0.25) is 5.02 Å². The Morgan fingerprint density at radius 3 is 2.53 bits per heavy atom. The summed E-state index contributed by atoms with van der Waals surface area (Å²) < 4.78 is 1.74. The highest BCUT2D eigenvalue weighted by atomic mass is 35.5. The molecule has 0 aliphatic rings. The predicted molar refractivity (Wildman–Crippen MR) is 67.5 cm³/mol. The van der Waals surface area contributed by atoms with Crippen molar-refractivity contribution >= 4 is 11.6 Å². The van der Waals surface area contributed by atoms with Gasteiger partial charge in [0.1, 0.15) is 6.07 Å². The van der Waals surface area contributed by atoms with E-state index in [1.165, 1.54) is 0 Å². The van der Waals surface area contributed by atoms with Gasteiger partial charge in [0.05, 0.1) is 27.7 Å². The Balaban J connectivity index is 2.77. The highest BCUT2D eigenvalue weighted by Gasteiger charge is 2.15. The van der Waals surface area contributed by atoms with Crippen LogP contribution in [0.25, 0.3) is 5.69 Å². The van der Waals surface area contributed by atoms with Crippen molar-refractivity contribution in [2.45, 2.75) is 20.8 Å². The molecule has 0 saturated carbocycles. The first kappa shape index (κ1) is 11.7. The lowest BCUT2D eigenvalue weighted by Gasteiger charge is -2.09. The number of aryl methyl sites for hydroxylation is 2. The van der Waals surface area contributed by atoms with Crippen LogP contribution in [0, 0.1) is 32.1 Å². The molecular weight excluding hydrogens is 234 g/mol. The first-order valence-electron chi connectivity index (χ1n) is 5.28. The number of hydrogen-bond acceptors (Lipinski definition) is 2. The molecule has 1 aromatic carbocycles. The molecule has 0 aliphatic heterocycles. The van der Waals surface area contributed by atoms with E-state index in [2.05, 4.69) is 11.2 Å². The van der Waals surface area contributed by atoms with Crippen LogP contribution < -0.4 is 0 Å². The van der Waals surface area contributed by atoms with Gasteiger partial charge in [-0.1, -0.05) is 23.7 Å². The Kier molecular flexibility index (Phi) is 2.91. The van der Waals surface area contributed by atoms with Crippen molar-refractivity contribution in [1.29, 1.82) is 5.26 Å². The first-order chi connectivity index (χ1) is 8.06. The molecule has 0 spiro atoms. The summed E-state index contributed by atoms with van der Waals surface area (Å²) in [6, 6.07) is 7.80. The highest BCUT2D eigenvalue weighted by Crippen LogP contribution is 2.25. The van der Waals surface area contributed by atoms with Crippen LogP contribution in [0.15, 0.2) is 18.2 Å². The first-order valence-corrected chi connectivity index (χ1v) is 5.66. The Morgan fingerprint density at radius 1 is 1.29 bits per heavy atom. The molecule has 0 amide bonds. The van der Waals surface area contributed by atoms with Crippen molar-refractivity contribution < 1.29 is 0 Å². The molecule has 0 fully saturated rings. The molecule has 86 valence electrons. The number of aromatic nitrogens is 2. The largest absolute Gasteiger partial charge is 0.235 e. The lowest BCUT2D eigenvalue weighted by atomic mass is 10.1. The molecule has 2 aromatic rings. The molecule has 2 rings (SSSR count). The minimum atomic E-state index is 0.604. The van der Waals surface area contributed by atoms with Crippen molar-refractivity contribution in [3.63, 3.8) is 0 Å². The number of hydrogen-bond donors (Lipinski definition) is 0. The number of rotatable bonds is 1. The second-order valence-corrected chi connectivity index (χ2v) is 4.36. The summed E-state index contributed by atoms with van der Waals surface area (Å²) in [5.41, 5.74) is 4.05. The van der Waals surface area contributed by atoms with Crippen LogP contribution in [-0.2, 0) is 0 Å². The van der Waals surface area contributed by atoms with Crippen molar-refractivity contribution in [2.24, 2.45) is 0 Å². The summed E-state index contributed by atoms with van der Waals surface area (Å²) >= 11 is 6.13. The normalized spacial score (nSPS) is 10.3. The Hall–Kier alpha value is -1.79. The fraction of sp³-hybridized carbons (Fsp3) is 0.231. The molecule has 1 heterocycles. The Labute approximate surface area is 105 Å². The zero-order chi connectivity index (χ0) is 12.6. The van der Waals surface area contributed by atoms with Crippen LogP contribution in [0.3, 0.4) is 0 Å². The van der Waals surface area contributed by atoms with Crippen LogP contribution in [0.4, 0.5) is 0 Å². The van der Waals surface area contributed by atoms with Gasteiger partial charge in [-0.2, -0.15) is 10.4 Å². The van der Waals surface area contributed by atoms with Crippen molar-refractivity contribution in [3.05, 3.63) is 45.7 Å². The van der Waals surface area contributed by atoms with E-state index in [1.807, 2.05) is 32.9 Å². The number of para-hydroxylation sites is 1. The zero-order valence-electron chi connectivity index (χ0n) is 9.95. The third-order valence-corrected chi connectivity index (χ3v) is 3.32. The van der Waals surface area contributed by atoms with Gasteiger partial charge in [-0.25, -0.2) is 4.68 Å². The van der Waals surface area contributed by atoms with Gasteiger partial charge in [0, 0.05) is 0 Å². The molecule has 0 saturated heterocycles. The van der Waals surface area contributed by atoms with Crippen molar-refractivity contribution in [1.82, 2.24) is 9.78 Å². The maximum Gasteiger partial charge on any atom is 0.101 e. The van der Waals surface area contributed by atoms with E-state index < -0.39 is 0 Å². The van der Waals surface area contributed by atoms with Gasteiger partial charge < -0.3 is 0 Å². The number of benzene rings is 1. The summed E-state index contributed by atoms with van der Waals surface area (Å²) in [6.45, 7) is 5.71. The average molecular weight is 246 g/mol. The summed E-state index contributed by atoms with van der Waals surface area (Å²) in [6.07, 6.45) is 0. The summed E-state index contributed by atoms with van der Waals surface area (Å²) in [7, 11) is 0. The third-order valence-electron chi connectivity index (χ3n) is 2.77. The monoisotopic (exact) mass is 245 g/mol. The van der Waals surface area contributed by atoms with E-state index in [0.29, 0.717) is 10.6 Å². The van der Waals surface area contributed by atoms with E-state index in [9.17, 15) is 0 Å². The van der Waals surface area contributed by atoms with Crippen molar-refractivity contribution in [2.75, 3.05) is 0 Å². The fourth-order valence-electron chi connectivity index (χ4n) is 1.87. The molecule has 3 nitrogen and oxygen atoms in total. The van der Waals surface area contributed by atoms with E-state index >= 15 is 0 Å². The van der Waals surface area contributed by atoms with E-state index in [4.69, 9.17) is 16.9 Å². The quantitative estimate of drug-likeness (QED) is 0.773. The van der Waals surface area contributed by atoms with Crippen LogP contribution in [0.1, 0.15) is 22.5 Å². The second kappa shape index (κ2) is 4.23. The summed E-state index contributed by atoms with van der Waals surface area (Å²) in [4.78, 5) is 0. The SMILES string of the molecule is Cc1cccc(C#N)c1-n1nc(C)c(Cl)c1C. The molecule has 1 aromatic heterocycles. The van der Waals surface area contributed by atoms with Gasteiger partial charge in [-0.05, 0) is 32.4 Å². The number of nitrogens with zero attached hydrogens (tertiary/aromatic N) is 3. The van der Waals surface area contributed by atoms with E-state index in [-0.39, 0.29) is 0 Å². The number of nitriles is 1. The van der Waals surface area contributed by atoms with Gasteiger partial charge >= 0.3 is 0 Å². The van der Waals surface area contributed by atoms with Crippen LogP contribution in [-0.4, -0.2) is 9.78 Å². The van der Waals surface area contributed by atoms with Gasteiger partial charge in [-0.3, -0.25) is 0 Å². The average Bonchev–Trinajstić information content (AvgIpc) is 2.56. The molecule has 0 unspecified atom stereocenters. The standard InChI is InChI=1S/C13H12ClN3/c1-8-5-4-6-11(7-15)13(8)17-10(3)12(14)9(2)16-17/h4-6H,1-3H3. The Morgan fingerprint density at radius 2 is 2.00 bits per heavy atom. The maximum absolute atomic E-state index is 9.15. The third kappa shape index (κ3) is 1.81. The molecular formula is C13H12ClN3. The van der Waals surface area contributed by atoms with Crippen LogP contribution in [0.5, 0.6) is 0 Å². The lowest BCUT2D eigenvalue weighted by Crippen LogP contribution is -2.04. The number of halogens is 1. The molecule has 0 radical (unpaired) electrons. The van der Waals surface area contributed by atoms with Gasteiger partial charge in [-0.15, -0.1) is 0 Å². The lowest BCUT2D eigenvalue weighted by molar-refractivity contribution is 0.825. The topological polar surface area (TPSA) is 41.6 Å². The molecule has 17 heavy (non-hydrogen) atoms. The fourth-order valence-corrected chi connectivity index (χ4v) is 1.99. The highest BCUT2D eigenvalue weighted by molar-refractivity contribution is 6.31. The zero-order valence-corrected chi connectivity index (χ0v) is 10.7. The van der Waals surface area contributed by atoms with Crippen molar-refractivity contribution in [3.8, 4) is 11.8 Å². The second-order valence-electron chi connectivity index (χ2n) is 3.98. The smallest absolute Gasteiger partial charge is 0.101 e. The van der Waals surface area contributed by atoms with Crippen LogP contribution >= 0.6 is 11.6 Å². The van der Waals surface area contributed by atoms with E-state index in [0.717, 1.165) is 22.6 Å². The van der Waals surface area contributed by atoms with Gasteiger partial charge in [0.15, 0.2) is 0 Å². The predicted octanol–water partition coefficient (Wildman–Crippen LogP) is 3.32. The summed E-state index contributed by atoms with van der Waals surface area (Å²) in [5.74, 6) is 0.